The summed E-state index contributed by atoms with van der Waals surface area (Å²) in [6.07, 6.45) is 0.00843. The van der Waals surface area contributed by atoms with Gasteiger partial charge < -0.3 is 10.4 Å². The van der Waals surface area contributed by atoms with E-state index in [4.69, 9.17) is 0 Å². The number of thiazole rings is 1. The smallest absolute Gasteiger partial charge is 0.391 e. The first-order valence-corrected chi connectivity index (χ1v) is 8.20. The first-order valence-electron chi connectivity index (χ1n) is 7.32. The third kappa shape index (κ3) is 4.95. The molecule has 1 aliphatic carbocycles. The maximum atomic E-state index is 12.4. The molecule has 1 amide bonds. The Kier molecular flexibility index (Phi) is 5.80. The first kappa shape index (κ1) is 17.2. The summed E-state index contributed by atoms with van der Waals surface area (Å²) in [5, 5.41) is 13.6. The molecule has 0 spiro atoms. The highest BCUT2D eigenvalue weighted by Crippen LogP contribution is 2.30. The van der Waals surface area contributed by atoms with Gasteiger partial charge in [0.2, 0.25) is 5.91 Å². The predicted octanol–water partition coefficient (Wildman–Crippen LogP) is 2.76. The Morgan fingerprint density at radius 3 is 2.68 bits per heavy atom. The summed E-state index contributed by atoms with van der Waals surface area (Å²) in [5.74, 6) is -0.219. The van der Waals surface area contributed by atoms with Crippen molar-refractivity contribution < 1.29 is 23.1 Å². The number of carbonyl (C=O) groups is 1. The normalized spacial score (nSPS) is 18.2. The fourth-order valence-corrected chi connectivity index (χ4v) is 3.43. The number of rotatable bonds is 5. The van der Waals surface area contributed by atoms with Crippen molar-refractivity contribution in [3.05, 3.63) is 16.1 Å². The molecule has 1 fully saturated rings. The zero-order valence-corrected chi connectivity index (χ0v) is 12.8. The van der Waals surface area contributed by atoms with Crippen molar-refractivity contribution in [2.45, 2.75) is 50.8 Å². The van der Waals surface area contributed by atoms with Crippen LogP contribution in [0.4, 0.5) is 13.2 Å². The van der Waals surface area contributed by atoms with Crippen LogP contribution in [0.25, 0.3) is 0 Å². The van der Waals surface area contributed by atoms with Crippen LogP contribution >= 0.6 is 11.3 Å². The second kappa shape index (κ2) is 7.41. The monoisotopic (exact) mass is 336 g/mol. The summed E-state index contributed by atoms with van der Waals surface area (Å²) >= 11 is 0.813. The molecule has 8 heteroatoms. The van der Waals surface area contributed by atoms with Gasteiger partial charge in [0.25, 0.3) is 0 Å². The van der Waals surface area contributed by atoms with Crippen LogP contribution in [-0.2, 0) is 17.4 Å². The molecule has 0 aliphatic heterocycles. The number of hydrogen-bond acceptors (Lipinski definition) is 4. The molecule has 22 heavy (non-hydrogen) atoms. The van der Waals surface area contributed by atoms with Crippen molar-refractivity contribution in [1.29, 1.82) is 0 Å². The standard InChI is InChI=1S/C14H19F3N2O2S/c15-14(16,17)11-8-22-13(19-11)6-12(21)18-7-10(20)9-4-2-1-3-5-9/h8-10,20H,1-7H2,(H,18,21). The minimum absolute atomic E-state index is 0.122. The Balaban J connectivity index is 1.76. The lowest BCUT2D eigenvalue weighted by molar-refractivity contribution is -0.141. The number of aliphatic hydroxyl groups excluding tert-OH is 1. The SMILES string of the molecule is O=C(Cc1nc(C(F)(F)F)cs1)NCC(O)C1CCCCC1. The van der Waals surface area contributed by atoms with Crippen molar-refractivity contribution in [3.8, 4) is 0 Å². The van der Waals surface area contributed by atoms with Gasteiger partial charge >= 0.3 is 6.18 Å². The Morgan fingerprint density at radius 2 is 2.09 bits per heavy atom. The predicted molar refractivity (Wildman–Crippen MR) is 76.4 cm³/mol. The molecular formula is C14H19F3N2O2S. The van der Waals surface area contributed by atoms with Crippen LogP contribution in [0, 0.1) is 5.92 Å². The van der Waals surface area contributed by atoms with Crippen molar-refractivity contribution in [2.24, 2.45) is 5.92 Å². The molecule has 1 aromatic rings. The lowest BCUT2D eigenvalue weighted by atomic mass is 9.85. The summed E-state index contributed by atoms with van der Waals surface area (Å²) in [7, 11) is 0. The molecule has 0 bridgehead atoms. The van der Waals surface area contributed by atoms with Gasteiger partial charge in [-0.15, -0.1) is 11.3 Å². The van der Waals surface area contributed by atoms with E-state index < -0.39 is 23.9 Å². The Hall–Kier alpha value is -1.15. The van der Waals surface area contributed by atoms with Gasteiger partial charge in [-0.05, 0) is 18.8 Å². The van der Waals surface area contributed by atoms with Gasteiger partial charge in [0.05, 0.1) is 12.5 Å². The average Bonchev–Trinajstić information content (AvgIpc) is 2.94. The van der Waals surface area contributed by atoms with E-state index in [9.17, 15) is 23.1 Å². The van der Waals surface area contributed by atoms with E-state index in [2.05, 4.69) is 10.3 Å². The topological polar surface area (TPSA) is 62.2 Å². The molecule has 1 saturated carbocycles. The van der Waals surface area contributed by atoms with Gasteiger partial charge in [-0.3, -0.25) is 4.79 Å². The summed E-state index contributed by atoms with van der Waals surface area (Å²) in [4.78, 5) is 15.1. The van der Waals surface area contributed by atoms with E-state index in [0.717, 1.165) is 42.4 Å². The molecule has 2 N–H and O–H groups in total. The number of hydrogen-bond donors (Lipinski definition) is 2. The van der Waals surface area contributed by atoms with Crippen LogP contribution in [0.15, 0.2) is 5.38 Å². The maximum absolute atomic E-state index is 12.4. The second-order valence-electron chi connectivity index (χ2n) is 5.57. The van der Waals surface area contributed by atoms with Crippen LogP contribution < -0.4 is 5.32 Å². The van der Waals surface area contributed by atoms with E-state index in [-0.39, 0.29) is 23.9 Å². The van der Waals surface area contributed by atoms with Gasteiger partial charge in [-0.2, -0.15) is 13.2 Å². The van der Waals surface area contributed by atoms with E-state index in [1.54, 1.807) is 0 Å². The maximum Gasteiger partial charge on any atom is 0.434 e. The van der Waals surface area contributed by atoms with Crippen LogP contribution in [0.1, 0.15) is 42.8 Å². The molecule has 0 saturated heterocycles. The third-order valence-corrected chi connectivity index (χ3v) is 4.71. The van der Waals surface area contributed by atoms with E-state index >= 15 is 0 Å². The summed E-state index contributed by atoms with van der Waals surface area (Å²) in [6, 6.07) is 0. The number of aromatic nitrogens is 1. The molecule has 124 valence electrons. The minimum Gasteiger partial charge on any atom is -0.391 e. The molecule has 4 nitrogen and oxygen atoms in total. The van der Waals surface area contributed by atoms with Gasteiger partial charge in [-0.1, -0.05) is 19.3 Å². The fourth-order valence-electron chi connectivity index (χ4n) is 2.63. The molecule has 0 aromatic carbocycles. The lowest BCUT2D eigenvalue weighted by Crippen LogP contribution is -2.37. The zero-order valence-electron chi connectivity index (χ0n) is 12.0. The summed E-state index contributed by atoms with van der Waals surface area (Å²) in [5.41, 5.74) is -0.970. The van der Waals surface area contributed by atoms with Crippen LogP contribution in [0.5, 0.6) is 0 Å². The van der Waals surface area contributed by atoms with Gasteiger partial charge in [0.15, 0.2) is 5.69 Å². The number of nitrogens with zero attached hydrogens (tertiary/aromatic N) is 1. The van der Waals surface area contributed by atoms with E-state index in [1.165, 1.54) is 6.42 Å². The highest BCUT2D eigenvalue weighted by atomic mass is 32.1. The third-order valence-electron chi connectivity index (χ3n) is 3.86. The lowest BCUT2D eigenvalue weighted by Gasteiger charge is -2.26. The molecule has 1 atom stereocenters. The number of halogens is 3. The fraction of sp³-hybridized carbons (Fsp3) is 0.714. The highest BCUT2D eigenvalue weighted by molar-refractivity contribution is 7.09. The van der Waals surface area contributed by atoms with Crippen molar-refractivity contribution >= 4 is 17.2 Å². The number of aliphatic hydroxyl groups is 1. The van der Waals surface area contributed by atoms with Crippen molar-refractivity contribution in [1.82, 2.24) is 10.3 Å². The van der Waals surface area contributed by atoms with Crippen LogP contribution in [0.2, 0.25) is 0 Å². The number of amides is 1. The number of carbonyl (C=O) groups excluding carboxylic acids is 1. The summed E-state index contributed by atoms with van der Waals surface area (Å²) in [6.45, 7) is 0.140. The van der Waals surface area contributed by atoms with Crippen LogP contribution in [0.3, 0.4) is 0 Å². The molecule has 1 heterocycles. The summed E-state index contributed by atoms with van der Waals surface area (Å²) < 4.78 is 37.2. The van der Waals surface area contributed by atoms with Gasteiger partial charge in [-0.25, -0.2) is 4.98 Å². The molecule has 2 rings (SSSR count). The number of nitrogens with one attached hydrogen (secondary N) is 1. The second-order valence-corrected chi connectivity index (χ2v) is 6.51. The Morgan fingerprint density at radius 1 is 1.41 bits per heavy atom. The van der Waals surface area contributed by atoms with E-state index in [0.29, 0.717) is 0 Å². The number of alkyl halides is 3. The molecule has 0 radical (unpaired) electrons. The molecule has 1 aromatic heterocycles. The van der Waals surface area contributed by atoms with Gasteiger partial charge in [0.1, 0.15) is 5.01 Å². The molecule has 1 unspecified atom stereocenters. The van der Waals surface area contributed by atoms with Crippen molar-refractivity contribution in [2.75, 3.05) is 6.54 Å². The van der Waals surface area contributed by atoms with Gasteiger partial charge in [0, 0.05) is 11.9 Å². The Labute approximate surface area is 130 Å². The Bertz CT molecular complexity index is 499. The molecule has 1 aliphatic rings. The van der Waals surface area contributed by atoms with E-state index in [1.807, 2.05) is 0 Å². The highest BCUT2D eigenvalue weighted by Gasteiger charge is 2.33. The first-order chi connectivity index (χ1) is 10.4. The molecular weight excluding hydrogens is 317 g/mol. The quantitative estimate of drug-likeness (QED) is 0.869. The minimum atomic E-state index is -4.48. The zero-order chi connectivity index (χ0) is 16.2. The van der Waals surface area contributed by atoms with Crippen LogP contribution in [-0.4, -0.2) is 28.6 Å². The largest absolute Gasteiger partial charge is 0.434 e. The van der Waals surface area contributed by atoms with Crippen molar-refractivity contribution in [3.63, 3.8) is 0 Å². The average molecular weight is 336 g/mol.